The van der Waals surface area contributed by atoms with Gasteiger partial charge in [-0.15, -0.1) is 0 Å². The summed E-state index contributed by atoms with van der Waals surface area (Å²) in [6.07, 6.45) is 0.410. The molecule has 25 heavy (non-hydrogen) atoms. The maximum Gasteiger partial charge on any atom is 0.272 e. The molecule has 2 aromatic rings. The molecule has 0 spiro atoms. The van der Waals surface area contributed by atoms with Crippen LogP contribution >= 0.6 is 0 Å². The molecule has 1 aromatic carbocycles. The van der Waals surface area contributed by atoms with E-state index in [1.165, 1.54) is 5.56 Å². The summed E-state index contributed by atoms with van der Waals surface area (Å²) in [5, 5.41) is 0. The van der Waals surface area contributed by atoms with Gasteiger partial charge in [0.05, 0.1) is 6.42 Å². The Hall–Kier alpha value is -2.69. The standard InChI is InChI=1S/C20H23N3O2/c1-15-6-8-17(9-7-15)14-19(24)22-10-12-23(13-11-22)20(25)18-5-3-4-16(2)21-18/h3-9H,10-14H2,1-2H3. The molecule has 5 nitrogen and oxygen atoms in total. The van der Waals surface area contributed by atoms with Gasteiger partial charge in [0.1, 0.15) is 5.69 Å². The molecule has 5 heteroatoms. The lowest BCUT2D eigenvalue weighted by molar-refractivity contribution is -0.131. The van der Waals surface area contributed by atoms with E-state index in [4.69, 9.17) is 0 Å². The van der Waals surface area contributed by atoms with E-state index in [0.717, 1.165) is 11.3 Å². The Balaban J connectivity index is 1.55. The molecule has 0 saturated carbocycles. The summed E-state index contributed by atoms with van der Waals surface area (Å²) >= 11 is 0. The van der Waals surface area contributed by atoms with Gasteiger partial charge in [-0.25, -0.2) is 4.98 Å². The molecule has 0 atom stereocenters. The quantitative estimate of drug-likeness (QED) is 0.863. The fourth-order valence-electron chi connectivity index (χ4n) is 2.98. The van der Waals surface area contributed by atoms with Crippen molar-refractivity contribution in [3.63, 3.8) is 0 Å². The van der Waals surface area contributed by atoms with Crippen molar-refractivity contribution in [2.75, 3.05) is 26.2 Å². The number of hydrogen-bond acceptors (Lipinski definition) is 3. The summed E-state index contributed by atoms with van der Waals surface area (Å²) in [4.78, 5) is 32.9. The van der Waals surface area contributed by atoms with Gasteiger partial charge in [0, 0.05) is 31.9 Å². The zero-order valence-electron chi connectivity index (χ0n) is 14.7. The van der Waals surface area contributed by atoms with Gasteiger partial charge in [0.2, 0.25) is 5.91 Å². The predicted octanol–water partition coefficient (Wildman–Crippen LogP) is 2.23. The molecule has 0 unspecified atom stereocenters. The lowest BCUT2D eigenvalue weighted by atomic mass is 10.1. The van der Waals surface area contributed by atoms with E-state index in [1.807, 2.05) is 55.1 Å². The Labute approximate surface area is 148 Å². The molecule has 0 N–H and O–H groups in total. The highest BCUT2D eigenvalue weighted by molar-refractivity contribution is 5.92. The van der Waals surface area contributed by atoms with Gasteiger partial charge < -0.3 is 9.80 Å². The Bertz CT molecular complexity index is 763. The molecule has 1 aliphatic heterocycles. The van der Waals surface area contributed by atoms with Crippen LogP contribution in [0, 0.1) is 13.8 Å². The molecular formula is C20H23N3O2. The lowest BCUT2D eigenvalue weighted by Gasteiger charge is -2.34. The fraction of sp³-hybridized carbons (Fsp3) is 0.350. The minimum atomic E-state index is -0.0608. The van der Waals surface area contributed by atoms with Crippen LogP contribution in [0.2, 0.25) is 0 Å². The van der Waals surface area contributed by atoms with E-state index in [1.54, 1.807) is 11.0 Å². The Morgan fingerprint density at radius 3 is 2.20 bits per heavy atom. The van der Waals surface area contributed by atoms with Crippen molar-refractivity contribution in [2.45, 2.75) is 20.3 Å². The molecule has 3 rings (SSSR count). The first-order valence-corrected chi connectivity index (χ1v) is 8.59. The van der Waals surface area contributed by atoms with Gasteiger partial charge in [-0.05, 0) is 31.5 Å². The highest BCUT2D eigenvalue weighted by Gasteiger charge is 2.25. The van der Waals surface area contributed by atoms with Crippen LogP contribution in [0.3, 0.4) is 0 Å². The Morgan fingerprint density at radius 1 is 0.920 bits per heavy atom. The second kappa shape index (κ2) is 7.47. The zero-order chi connectivity index (χ0) is 17.8. The third kappa shape index (κ3) is 4.24. The molecule has 0 bridgehead atoms. The highest BCUT2D eigenvalue weighted by atomic mass is 16.2. The van der Waals surface area contributed by atoms with Crippen LogP contribution in [0.4, 0.5) is 0 Å². The average Bonchev–Trinajstić information content (AvgIpc) is 2.63. The predicted molar refractivity (Wildman–Crippen MR) is 96.3 cm³/mol. The van der Waals surface area contributed by atoms with E-state index in [9.17, 15) is 9.59 Å². The normalized spacial score (nSPS) is 14.5. The number of piperazine rings is 1. The summed E-state index contributed by atoms with van der Waals surface area (Å²) in [6.45, 7) is 6.15. The first kappa shape index (κ1) is 17.1. The number of benzene rings is 1. The van der Waals surface area contributed by atoms with Crippen molar-refractivity contribution in [1.29, 1.82) is 0 Å². The molecular weight excluding hydrogens is 314 g/mol. The summed E-state index contributed by atoms with van der Waals surface area (Å²) < 4.78 is 0. The number of aryl methyl sites for hydroxylation is 2. The van der Waals surface area contributed by atoms with Crippen LogP contribution in [-0.4, -0.2) is 52.8 Å². The molecule has 2 amide bonds. The highest BCUT2D eigenvalue weighted by Crippen LogP contribution is 2.11. The zero-order valence-corrected chi connectivity index (χ0v) is 14.7. The van der Waals surface area contributed by atoms with E-state index in [-0.39, 0.29) is 11.8 Å². The van der Waals surface area contributed by atoms with Crippen molar-refractivity contribution in [3.8, 4) is 0 Å². The smallest absolute Gasteiger partial charge is 0.272 e. The largest absolute Gasteiger partial charge is 0.339 e. The van der Waals surface area contributed by atoms with Crippen molar-refractivity contribution < 1.29 is 9.59 Å². The topological polar surface area (TPSA) is 53.5 Å². The minimum absolute atomic E-state index is 0.0608. The van der Waals surface area contributed by atoms with Crippen LogP contribution < -0.4 is 0 Å². The van der Waals surface area contributed by atoms with E-state index >= 15 is 0 Å². The number of hydrogen-bond donors (Lipinski definition) is 0. The molecule has 1 fully saturated rings. The molecule has 1 aromatic heterocycles. The monoisotopic (exact) mass is 337 g/mol. The van der Waals surface area contributed by atoms with Crippen LogP contribution in [0.5, 0.6) is 0 Å². The maximum atomic E-state index is 12.5. The third-order valence-corrected chi connectivity index (χ3v) is 4.50. The summed E-state index contributed by atoms with van der Waals surface area (Å²) in [7, 11) is 0. The maximum absolute atomic E-state index is 12.5. The number of carbonyl (C=O) groups is 2. The number of nitrogens with zero attached hydrogens (tertiary/aromatic N) is 3. The van der Waals surface area contributed by atoms with Crippen LogP contribution in [0.25, 0.3) is 0 Å². The van der Waals surface area contributed by atoms with Crippen LogP contribution in [0.15, 0.2) is 42.5 Å². The SMILES string of the molecule is Cc1ccc(CC(=O)N2CCN(C(=O)c3cccc(C)n3)CC2)cc1. The lowest BCUT2D eigenvalue weighted by Crippen LogP contribution is -2.51. The molecule has 1 saturated heterocycles. The van der Waals surface area contributed by atoms with Gasteiger partial charge >= 0.3 is 0 Å². The van der Waals surface area contributed by atoms with Gasteiger partial charge in [-0.2, -0.15) is 0 Å². The van der Waals surface area contributed by atoms with Gasteiger partial charge in [0.15, 0.2) is 0 Å². The number of carbonyl (C=O) groups excluding carboxylic acids is 2. The second-order valence-corrected chi connectivity index (χ2v) is 6.50. The van der Waals surface area contributed by atoms with Crippen molar-refractivity contribution in [2.24, 2.45) is 0 Å². The fourth-order valence-corrected chi connectivity index (χ4v) is 2.98. The van der Waals surface area contributed by atoms with E-state index < -0.39 is 0 Å². The number of amides is 2. The first-order valence-electron chi connectivity index (χ1n) is 8.59. The van der Waals surface area contributed by atoms with Crippen LogP contribution in [-0.2, 0) is 11.2 Å². The van der Waals surface area contributed by atoms with E-state index in [2.05, 4.69) is 4.98 Å². The average molecular weight is 337 g/mol. The Morgan fingerprint density at radius 2 is 1.56 bits per heavy atom. The molecule has 0 aliphatic carbocycles. The second-order valence-electron chi connectivity index (χ2n) is 6.50. The molecule has 0 radical (unpaired) electrons. The van der Waals surface area contributed by atoms with Crippen molar-refractivity contribution in [3.05, 3.63) is 65.0 Å². The first-order chi connectivity index (χ1) is 12.0. The third-order valence-electron chi connectivity index (χ3n) is 4.50. The van der Waals surface area contributed by atoms with Crippen molar-refractivity contribution in [1.82, 2.24) is 14.8 Å². The Kier molecular flexibility index (Phi) is 5.12. The summed E-state index contributed by atoms with van der Waals surface area (Å²) in [5.41, 5.74) is 3.52. The molecule has 1 aliphatic rings. The molecule has 130 valence electrons. The minimum Gasteiger partial charge on any atom is -0.339 e. The van der Waals surface area contributed by atoms with Crippen molar-refractivity contribution >= 4 is 11.8 Å². The summed E-state index contributed by atoms with van der Waals surface area (Å²) in [5.74, 6) is 0.0546. The van der Waals surface area contributed by atoms with Gasteiger partial charge in [0.25, 0.3) is 5.91 Å². The van der Waals surface area contributed by atoms with Crippen LogP contribution in [0.1, 0.15) is 27.3 Å². The van der Waals surface area contributed by atoms with E-state index in [0.29, 0.717) is 38.3 Å². The number of pyridine rings is 1. The van der Waals surface area contributed by atoms with Gasteiger partial charge in [-0.1, -0.05) is 35.9 Å². The summed E-state index contributed by atoms with van der Waals surface area (Å²) in [6, 6.07) is 13.5. The number of rotatable bonds is 3. The molecule has 2 heterocycles. The number of aromatic nitrogens is 1. The van der Waals surface area contributed by atoms with Gasteiger partial charge in [-0.3, -0.25) is 9.59 Å².